The third-order valence-electron chi connectivity index (χ3n) is 9.02. The number of sulfonamides is 1. The van der Waals surface area contributed by atoms with Crippen molar-refractivity contribution in [1.82, 2.24) is 29.7 Å². The van der Waals surface area contributed by atoms with Gasteiger partial charge in [0.2, 0.25) is 16.0 Å². The Kier molecular flexibility index (Phi) is 9.96. The van der Waals surface area contributed by atoms with E-state index in [0.29, 0.717) is 50.4 Å². The Bertz CT molecular complexity index is 1830. The molecule has 47 heavy (non-hydrogen) atoms. The van der Waals surface area contributed by atoms with E-state index in [0.717, 1.165) is 63.5 Å². The lowest BCUT2D eigenvalue weighted by Gasteiger charge is -2.42. The molecule has 0 aliphatic carbocycles. The smallest absolute Gasteiger partial charge is 0.234 e. The molecule has 2 aliphatic heterocycles. The van der Waals surface area contributed by atoms with E-state index in [1.807, 2.05) is 6.07 Å². The lowest BCUT2D eigenvalue weighted by molar-refractivity contribution is 0.0982. The monoisotopic (exact) mass is 724 g/mol. The first-order valence-corrected chi connectivity index (χ1v) is 18.2. The normalized spacial score (nSPS) is 16.7. The Balaban J connectivity index is 1.20. The molecule has 15 heteroatoms. The SMILES string of the molecule is CCS(=O)(=O)N(C)c1c(Nc2nc(Nc3ccc(N4CCC(N5CCN(C)CC5)CC4)cc3OC)ncc2Br)ccc2nccnc12. The molecule has 0 radical (unpaired) electrons. The van der Waals surface area contributed by atoms with E-state index in [2.05, 4.69) is 75.4 Å². The highest BCUT2D eigenvalue weighted by atomic mass is 79.9. The quantitative estimate of drug-likeness (QED) is 0.235. The van der Waals surface area contributed by atoms with Gasteiger partial charge >= 0.3 is 0 Å². The van der Waals surface area contributed by atoms with E-state index in [1.165, 1.54) is 11.4 Å². The fourth-order valence-electron chi connectivity index (χ4n) is 6.19. The molecular formula is C32H41BrN10O3S. The molecule has 0 amide bonds. The third kappa shape index (κ3) is 7.22. The lowest BCUT2D eigenvalue weighted by Crippen LogP contribution is -2.52. The summed E-state index contributed by atoms with van der Waals surface area (Å²) < 4.78 is 33.5. The molecule has 2 aromatic heterocycles. The Hall–Kier alpha value is -3.79. The summed E-state index contributed by atoms with van der Waals surface area (Å²) in [5, 5.41) is 6.59. The first kappa shape index (κ1) is 33.1. The second-order valence-electron chi connectivity index (χ2n) is 11.8. The molecule has 2 aromatic carbocycles. The minimum Gasteiger partial charge on any atom is -0.494 e. The van der Waals surface area contributed by atoms with E-state index in [1.54, 1.807) is 44.8 Å². The van der Waals surface area contributed by atoms with Crippen molar-refractivity contribution in [2.45, 2.75) is 25.8 Å². The van der Waals surface area contributed by atoms with E-state index < -0.39 is 10.0 Å². The van der Waals surface area contributed by atoms with Crippen LogP contribution in [-0.2, 0) is 10.0 Å². The maximum absolute atomic E-state index is 12.9. The third-order valence-corrected chi connectivity index (χ3v) is 11.4. The summed E-state index contributed by atoms with van der Waals surface area (Å²) in [7, 11) is 1.77. The molecule has 4 heterocycles. The van der Waals surface area contributed by atoms with Crippen molar-refractivity contribution in [1.29, 1.82) is 0 Å². The second kappa shape index (κ2) is 14.1. The number of aromatic nitrogens is 4. The zero-order chi connectivity index (χ0) is 33.1. The maximum atomic E-state index is 12.9. The standard InChI is InChI=1S/C32H41BrN10O3S/c1-5-47(44,45)41(3)30-27(9-8-26-29(30)35-13-12-34-26)37-31-24(33)21-36-32(39-31)38-25-7-6-23(20-28(25)46-4)42-14-10-22(11-15-42)43-18-16-40(2)17-19-43/h6-9,12-13,20-22H,5,10-11,14-19H2,1-4H3,(H2,36,37,38,39). The predicted molar refractivity (Wildman–Crippen MR) is 191 cm³/mol. The zero-order valence-corrected chi connectivity index (χ0v) is 29.6. The number of benzene rings is 2. The summed E-state index contributed by atoms with van der Waals surface area (Å²) >= 11 is 3.54. The molecule has 13 nitrogen and oxygen atoms in total. The van der Waals surface area contributed by atoms with Gasteiger partial charge in [0.15, 0.2) is 0 Å². The number of fused-ring (bicyclic) bond motifs is 1. The molecule has 2 N–H and O–H groups in total. The van der Waals surface area contributed by atoms with Crippen LogP contribution in [0.5, 0.6) is 5.75 Å². The molecule has 6 rings (SSSR count). The van der Waals surface area contributed by atoms with Crippen molar-refractivity contribution in [2.75, 3.05) is 86.1 Å². The number of ether oxygens (including phenoxy) is 1. The van der Waals surface area contributed by atoms with Crippen LogP contribution in [0.25, 0.3) is 11.0 Å². The number of anilines is 6. The Morgan fingerprint density at radius 1 is 0.979 bits per heavy atom. The molecular weight excluding hydrogens is 684 g/mol. The number of likely N-dealkylation sites (N-methyl/N-ethyl adjacent to an activating group) is 1. The molecule has 2 saturated heterocycles. The van der Waals surface area contributed by atoms with E-state index in [4.69, 9.17) is 9.72 Å². The van der Waals surface area contributed by atoms with Crippen LogP contribution >= 0.6 is 15.9 Å². The lowest BCUT2D eigenvalue weighted by atomic mass is 10.0. The molecule has 250 valence electrons. The fraction of sp³-hybridized carbons (Fsp3) is 0.438. The Morgan fingerprint density at radius 2 is 1.70 bits per heavy atom. The fourth-order valence-corrected chi connectivity index (χ4v) is 7.33. The van der Waals surface area contributed by atoms with Gasteiger partial charge in [0.25, 0.3) is 0 Å². The maximum Gasteiger partial charge on any atom is 0.234 e. The molecule has 4 aromatic rings. The summed E-state index contributed by atoms with van der Waals surface area (Å²) in [6, 6.07) is 10.4. The molecule has 0 unspecified atom stereocenters. The van der Waals surface area contributed by atoms with E-state index in [9.17, 15) is 8.42 Å². The summed E-state index contributed by atoms with van der Waals surface area (Å²) in [5.41, 5.74) is 3.76. The van der Waals surface area contributed by atoms with Gasteiger partial charge < -0.3 is 25.2 Å². The second-order valence-corrected chi connectivity index (χ2v) is 15.0. The number of hydrogen-bond donors (Lipinski definition) is 2. The van der Waals surface area contributed by atoms with Crippen LogP contribution in [0.2, 0.25) is 0 Å². The molecule has 0 bridgehead atoms. The molecule has 0 saturated carbocycles. The van der Waals surface area contributed by atoms with Crippen molar-refractivity contribution in [3.63, 3.8) is 0 Å². The van der Waals surface area contributed by atoms with Gasteiger partial charge in [-0.25, -0.2) is 13.4 Å². The van der Waals surface area contributed by atoms with Crippen molar-refractivity contribution in [2.24, 2.45) is 0 Å². The predicted octanol–water partition coefficient (Wildman–Crippen LogP) is 4.68. The summed E-state index contributed by atoms with van der Waals surface area (Å²) in [6.45, 7) is 8.22. The molecule has 0 spiro atoms. The number of hydrogen-bond acceptors (Lipinski definition) is 12. The van der Waals surface area contributed by atoms with Crippen LogP contribution < -0.4 is 24.6 Å². The minimum atomic E-state index is -3.60. The van der Waals surface area contributed by atoms with Crippen LogP contribution in [0.1, 0.15) is 19.8 Å². The van der Waals surface area contributed by atoms with Gasteiger partial charge in [0, 0.05) is 82.7 Å². The largest absolute Gasteiger partial charge is 0.494 e. The van der Waals surface area contributed by atoms with Gasteiger partial charge in [0.05, 0.1) is 34.2 Å². The molecule has 0 atom stereocenters. The minimum absolute atomic E-state index is 0.0691. The van der Waals surface area contributed by atoms with Gasteiger partial charge in [-0.05, 0) is 67.0 Å². The van der Waals surface area contributed by atoms with Crippen LogP contribution in [0.15, 0.2) is 53.4 Å². The van der Waals surface area contributed by atoms with Gasteiger partial charge in [-0.15, -0.1) is 0 Å². The van der Waals surface area contributed by atoms with Gasteiger partial charge in [0.1, 0.15) is 22.8 Å². The molecule has 2 fully saturated rings. The number of methoxy groups -OCH3 is 1. The number of rotatable bonds is 10. The summed E-state index contributed by atoms with van der Waals surface area (Å²) in [5.74, 6) is 1.39. The highest BCUT2D eigenvalue weighted by Crippen LogP contribution is 2.38. The zero-order valence-electron chi connectivity index (χ0n) is 27.1. The average Bonchev–Trinajstić information content (AvgIpc) is 3.10. The average molecular weight is 726 g/mol. The van der Waals surface area contributed by atoms with Crippen molar-refractivity contribution in [3.05, 3.63) is 53.4 Å². The van der Waals surface area contributed by atoms with E-state index >= 15 is 0 Å². The number of nitrogens with zero attached hydrogens (tertiary/aromatic N) is 8. The number of nitrogens with one attached hydrogen (secondary N) is 2. The Labute approximate surface area is 284 Å². The number of piperazine rings is 1. The van der Waals surface area contributed by atoms with Crippen LogP contribution in [0.3, 0.4) is 0 Å². The van der Waals surface area contributed by atoms with E-state index in [-0.39, 0.29) is 5.75 Å². The summed E-state index contributed by atoms with van der Waals surface area (Å²) in [6.07, 6.45) is 7.06. The number of piperidine rings is 1. The topological polar surface area (TPSA) is 132 Å². The summed E-state index contributed by atoms with van der Waals surface area (Å²) in [4.78, 5) is 25.5. The van der Waals surface area contributed by atoms with Crippen molar-refractivity contribution in [3.8, 4) is 5.75 Å². The highest BCUT2D eigenvalue weighted by Gasteiger charge is 2.27. The van der Waals surface area contributed by atoms with Crippen molar-refractivity contribution >= 4 is 71.5 Å². The van der Waals surface area contributed by atoms with Crippen LogP contribution in [0.4, 0.5) is 34.5 Å². The van der Waals surface area contributed by atoms with Gasteiger partial charge in [-0.2, -0.15) is 4.98 Å². The molecule has 2 aliphatic rings. The van der Waals surface area contributed by atoms with Crippen molar-refractivity contribution < 1.29 is 13.2 Å². The van der Waals surface area contributed by atoms with Crippen LogP contribution in [-0.4, -0.2) is 110 Å². The Morgan fingerprint density at radius 3 is 2.43 bits per heavy atom. The first-order chi connectivity index (χ1) is 22.7. The van der Waals surface area contributed by atoms with Crippen LogP contribution in [0, 0.1) is 0 Å². The van der Waals surface area contributed by atoms with Gasteiger partial charge in [-0.1, -0.05) is 0 Å². The van der Waals surface area contributed by atoms with Gasteiger partial charge in [-0.3, -0.25) is 19.2 Å². The first-order valence-electron chi connectivity index (χ1n) is 15.8. The highest BCUT2D eigenvalue weighted by molar-refractivity contribution is 9.10. The number of halogens is 1.